The van der Waals surface area contributed by atoms with Crippen molar-refractivity contribution < 1.29 is 19.0 Å². The average Bonchev–Trinajstić information content (AvgIpc) is 2.77. The lowest BCUT2D eigenvalue weighted by atomic mass is 10.2. The van der Waals surface area contributed by atoms with Gasteiger partial charge >= 0.3 is 6.09 Å². The first kappa shape index (κ1) is 14.2. The molecular formula is C15H18NO4. The smallest absolute Gasteiger partial charge is 0.419 e. The molecule has 20 heavy (non-hydrogen) atoms. The number of carbonyl (C=O) groups is 1. The molecule has 0 aliphatic rings. The molecule has 107 valence electrons. The van der Waals surface area contributed by atoms with E-state index in [1.807, 2.05) is 20.8 Å². The standard InChI is InChI=1S/C15H18NO4/c1-15(2,3)20-14(17)16-7-6-10-8-12(18-4)13(19-5)9-11(10)16/h6,8-9H,1-5H3. The lowest BCUT2D eigenvalue weighted by molar-refractivity contribution is 0.0543. The van der Waals surface area contributed by atoms with Crippen LogP contribution in [0.2, 0.25) is 0 Å². The zero-order chi connectivity index (χ0) is 14.9. The van der Waals surface area contributed by atoms with Gasteiger partial charge in [0.1, 0.15) is 5.60 Å². The number of nitrogens with zero attached hydrogens (tertiary/aromatic N) is 1. The minimum absolute atomic E-state index is 0.472. The second kappa shape index (κ2) is 5.07. The Bertz CT molecular complexity index is 637. The van der Waals surface area contributed by atoms with Crippen LogP contribution in [0.5, 0.6) is 11.5 Å². The van der Waals surface area contributed by atoms with Gasteiger partial charge in [-0.2, -0.15) is 0 Å². The van der Waals surface area contributed by atoms with Crippen LogP contribution in [0.4, 0.5) is 4.79 Å². The molecule has 1 radical (unpaired) electrons. The van der Waals surface area contributed by atoms with Gasteiger partial charge in [-0.15, -0.1) is 0 Å². The van der Waals surface area contributed by atoms with E-state index in [1.165, 1.54) is 4.57 Å². The van der Waals surface area contributed by atoms with Crippen molar-refractivity contribution in [1.29, 1.82) is 0 Å². The molecule has 0 spiro atoms. The molecule has 0 saturated carbocycles. The maximum absolute atomic E-state index is 12.1. The zero-order valence-electron chi connectivity index (χ0n) is 12.3. The predicted octanol–water partition coefficient (Wildman–Crippen LogP) is 3.24. The fourth-order valence-corrected chi connectivity index (χ4v) is 1.86. The molecule has 0 atom stereocenters. The molecule has 0 N–H and O–H groups in total. The van der Waals surface area contributed by atoms with Crippen LogP contribution in [-0.4, -0.2) is 30.5 Å². The molecule has 0 amide bonds. The molecular weight excluding hydrogens is 258 g/mol. The summed E-state index contributed by atoms with van der Waals surface area (Å²) in [6, 6.07) is 5.24. The SMILES string of the molecule is COc1cc2c[c]n(C(=O)OC(C)(C)C)c2cc1OC. The summed E-state index contributed by atoms with van der Waals surface area (Å²) < 4.78 is 17.2. The van der Waals surface area contributed by atoms with Gasteiger partial charge in [0.2, 0.25) is 0 Å². The first-order chi connectivity index (χ1) is 9.35. The maximum Gasteiger partial charge on any atom is 0.419 e. The van der Waals surface area contributed by atoms with E-state index in [2.05, 4.69) is 6.20 Å². The summed E-state index contributed by atoms with van der Waals surface area (Å²) in [6.07, 6.45) is 2.40. The number of benzene rings is 1. The van der Waals surface area contributed by atoms with E-state index in [9.17, 15) is 4.79 Å². The Hall–Kier alpha value is -2.17. The highest BCUT2D eigenvalue weighted by molar-refractivity contribution is 5.91. The normalized spacial score (nSPS) is 11.4. The number of hydrogen-bond donors (Lipinski definition) is 0. The maximum atomic E-state index is 12.1. The summed E-state index contributed by atoms with van der Waals surface area (Å²) in [5, 5.41) is 0.827. The van der Waals surface area contributed by atoms with Gasteiger partial charge in [0.05, 0.1) is 25.9 Å². The topological polar surface area (TPSA) is 49.7 Å². The Balaban J connectivity index is 2.48. The number of rotatable bonds is 2. The summed E-state index contributed by atoms with van der Waals surface area (Å²) in [7, 11) is 3.12. The van der Waals surface area contributed by atoms with Gasteiger partial charge in [0, 0.05) is 11.5 Å². The lowest BCUT2D eigenvalue weighted by Crippen LogP contribution is -2.26. The van der Waals surface area contributed by atoms with E-state index in [-0.39, 0.29) is 0 Å². The molecule has 1 heterocycles. The predicted molar refractivity (Wildman–Crippen MR) is 75.5 cm³/mol. The third kappa shape index (κ3) is 2.71. The minimum atomic E-state index is -0.557. The van der Waals surface area contributed by atoms with E-state index in [0.29, 0.717) is 17.0 Å². The number of ether oxygens (including phenoxy) is 3. The molecule has 1 aromatic heterocycles. The summed E-state index contributed by atoms with van der Waals surface area (Å²) in [5.74, 6) is 1.16. The molecule has 1 aromatic carbocycles. The molecule has 5 nitrogen and oxygen atoms in total. The summed E-state index contributed by atoms with van der Waals surface area (Å²) in [5.41, 5.74) is 0.106. The highest BCUT2D eigenvalue weighted by atomic mass is 16.6. The average molecular weight is 276 g/mol. The molecule has 5 heteroatoms. The Morgan fingerprint density at radius 1 is 1.15 bits per heavy atom. The van der Waals surface area contributed by atoms with Gasteiger partial charge in [0.15, 0.2) is 11.5 Å². The minimum Gasteiger partial charge on any atom is -0.493 e. The molecule has 2 rings (SSSR count). The lowest BCUT2D eigenvalue weighted by Gasteiger charge is -2.19. The van der Waals surface area contributed by atoms with Crippen molar-refractivity contribution in [3.05, 3.63) is 24.4 Å². The molecule has 0 bridgehead atoms. The summed E-state index contributed by atoms with van der Waals surface area (Å²) in [4.78, 5) is 12.1. The largest absolute Gasteiger partial charge is 0.493 e. The van der Waals surface area contributed by atoms with Crippen molar-refractivity contribution in [3.63, 3.8) is 0 Å². The number of fused-ring (bicyclic) bond motifs is 1. The monoisotopic (exact) mass is 276 g/mol. The molecule has 0 saturated heterocycles. The van der Waals surface area contributed by atoms with Gasteiger partial charge in [-0.25, -0.2) is 9.36 Å². The van der Waals surface area contributed by atoms with Crippen LogP contribution < -0.4 is 9.47 Å². The second-order valence-corrected chi connectivity index (χ2v) is 5.36. The number of methoxy groups -OCH3 is 2. The van der Waals surface area contributed by atoms with Crippen molar-refractivity contribution in [1.82, 2.24) is 4.57 Å². The number of carbonyl (C=O) groups excluding carboxylic acids is 1. The van der Waals surface area contributed by atoms with Crippen LogP contribution in [0.1, 0.15) is 20.8 Å². The van der Waals surface area contributed by atoms with Crippen molar-refractivity contribution in [2.75, 3.05) is 14.2 Å². The zero-order valence-corrected chi connectivity index (χ0v) is 12.3. The van der Waals surface area contributed by atoms with Crippen molar-refractivity contribution in [3.8, 4) is 11.5 Å². The first-order valence-electron chi connectivity index (χ1n) is 6.24. The molecule has 0 aliphatic carbocycles. The van der Waals surface area contributed by atoms with Gasteiger partial charge < -0.3 is 14.2 Å². The van der Waals surface area contributed by atoms with Crippen LogP contribution in [0.15, 0.2) is 18.2 Å². The third-order valence-electron chi connectivity index (χ3n) is 2.70. The molecule has 0 unspecified atom stereocenters. The molecule has 2 aromatic rings. The molecule has 0 aliphatic heterocycles. The fraction of sp³-hybridized carbons (Fsp3) is 0.400. The Morgan fingerprint density at radius 3 is 2.30 bits per heavy atom. The van der Waals surface area contributed by atoms with Crippen molar-refractivity contribution in [2.45, 2.75) is 26.4 Å². The Kier molecular flexibility index (Phi) is 3.61. The molecule has 0 fully saturated rings. The first-order valence-corrected chi connectivity index (χ1v) is 6.24. The Labute approximate surface area is 118 Å². The van der Waals surface area contributed by atoms with Gasteiger partial charge in [-0.05, 0) is 32.9 Å². The van der Waals surface area contributed by atoms with Crippen LogP contribution in [0.3, 0.4) is 0 Å². The van der Waals surface area contributed by atoms with Gasteiger partial charge in [-0.3, -0.25) is 0 Å². The van der Waals surface area contributed by atoms with Crippen LogP contribution in [0, 0.1) is 6.20 Å². The second-order valence-electron chi connectivity index (χ2n) is 5.36. The number of aromatic nitrogens is 1. The summed E-state index contributed by atoms with van der Waals surface area (Å²) in [6.45, 7) is 5.46. The van der Waals surface area contributed by atoms with Crippen LogP contribution >= 0.6 is 0 Å². The van der Waals surface area contributed by atoms with E-state index >= 15 is 0 Å². The van der Waals surface area contributed by atoms with Gasteiger partial charge in [-0.1, -0.05) is 0 Å². The third-order valence-corrected chi connectivity index (χ3v) is 2.70. The van der Waals surface area contributed by atoms with E-state index in [1.54, 1.807) is 32.4 Å². The highest BCUT2D eigenvalue weighted by Gasteiger charge is 2.20. The van der Waals surface area contributed by atoms with Crippen molar-refractivity contribution in [2.24, 2.45) is 0 Å². The van der Waals surface area contributed by atoms with Crippen LogP contribution in [-0.2, 0) is 4.74 Å². The van der Waals surface area contributed by atoms with Crippen molar-refractivity contribution >= 4 is 17.0 Å². The van der Waals surface area contributed by atoms with Gasteiger partial charge in [0.25, 0.3) is 0 Å². The van der Waals surface area contributed by atoms with E-state index in [0.717, 1.165) is 5.39 Å². The summed E-state index contributed by atoms with van der Waals surface area (Å²) >= 11 is 0. The van der Waals surface area contributed by atoms with E-state index < -0.39 is 11.7 Å². The Morgan fingerprint density at radius 2 is 1.75 bits per heavy atom. The fourth-order valence-electron chi connectivity index (χ4n) is 1.86. The number of hydrogen-bond acceptors (Lipinski definition) is 4. The van der Waals surface area contributed by atoms with E-state index in [4.69, 9.17) is 14.2 Å². The quantitative estimate of drug-likeness (QED) is 0.845. The highest BCUT2D eigenvalue weighted by Crippen LogP contribution is 2.32. The van der Waals surface area contributed by atoms with Crippen LogP contribution in [0.25, 0.3) is 10.9 Å².